The van der Waals surface area contributed by atoms with Gasteiger partial charge in [0.1, 0.15) is 5.82 Å². The van der Waals surface area contributed by atoms with Gasteiger partial charge in [0.2, 0.25) is 0 Å². The van der Waals surface area contributed by atoms with Gasteiger partial charge in [-0.1, -0.05) is 23.7 Å². The summed E-state index contributed by atoms with van der Waals surface area (Å²) in [5.74, 6) is 0.0949. The van der Waals surface area contributed by atoms with Gasteiger partial charge in [0.25, 0.3) is 0 Å². The van der Waals surface area contributed by atoms with Gasteiger partial charge >= 0.3 is 0 Å². The zero-order valence-electron chi connectivity index (χ0n) is 11.6. The summed E-state index contributed by atoms with van der Waals surface area (Å²) in [6, 6.07) is 5.11. The van der Waals surface area contributed by atoms with Crippen LogP contribution in [0.5, 0.6) is 0 Å². The Bertz CT molecular complexity index is 489. The van der Waals surface area contributed by atoms with Crippen molar-refractivity contribution in [3.63, 3.8) is 0 Å². The van der Waals surface area contributed by atoms with Crippen LogP contribution < -0.4 is 5.73 Å². The maximum absolute atomic E-state index is 13.9. The van der Waals surface area contributed by atoms with Crippen molar-refractivity contribution in [2.45, 2.75) is 50.2 Å². The van der Waals surface area contributed by atoms with Crippen molar-refractivity contribution in [1.29, 1.82) is 0 Å². The van der Waals surface area contributed by atoms with E-state index in [2.05, 4.69) is 0 Å². The average Bonchev–Trinajstić information content (AvgIpc) is 2.42. The third-order valence-electron chi connectivity index (χ3n) is 4.89. The monoisotopic (exact) mass is 297 g/mol. The Hall–Kier alpha value is -0.640. The van der Waals surface area contributed by atoms with Crippen molar-refractivity contribution in [3.8, 4) is 0 Å². The number of hydrogen-bond donors (Lipinski definition) is 1. The second kappa shape index (κ2) is 5.63. The van der Waals surface area contributed by atoms with Gasteiger partial charge in [-0.2, -0.15) is 0 Å². The van der Waals surface area contributed by atoms with Crippen molar-refractivity contribution in [3.05, 3.63) is 34.6 Å². The third-order valence-corrected chi connectivity index (χ3v) is 5.18. The van der Waals surface area contributed by atoms with Crippen LogP contribution in [0.15, 0.2) is 18.2 Å². The number of benzene rings is 1. The normalized spacial score (nSPS) is 26.2. The molecule has 0 bridgehead atoms. The molecule has 0 aromatic heterocycles. The first-order chi connectivity index (χ1) is 9.60. The van der Waals surface area contributed by atoms with Crippen LogP contribution in [0.3, 0.4) is 0 Å². The van der Waals surface area contributed by atoms with Gasteiger partial charge < -0.3 is 10.5 Å². The molecule has 1 aliphatic carbocycles. The summed E-state index contributed by atoms with van der Waals surface area (Å²) in [5.41, 5.74) is 7.05. The average molecular weight is 298 g/mol. The maximum Gasteiger partial charge on any atom is 0.145 e. The summed E-state index contributed by atoms with van der Waals surface area (Å²) in [5, 5.41) is 0.178. The lowest BCUT2D eigenvalue weighted by Gasteiger charge is -2.48. The summed E-state index contributed by atoms with van der Waals surface area (Å²) >= 11 is 5.82. The Balaban J connectivity index is 1.66. The van der Waals surface area contributed by atoms with Gasteiger partial charge in [0.05, 0.1) is 10.6 Å². The molecule has 2 N–H and O–H groups in total. The molecule has 1 aromatic rings. The van der Waals surface area contributed by atoms with Crippen molar-refractivity contribution in [2.75, 3.05) is 6.61 Å². The molecule has 0 radical (unpaired) electrons. The Morgan fingerprint density at radius 1 is 1.45 bits per heavy atom. The number of ether oxygens (including phenoxy) is 1. The van der Waals surface area contributed by atoms with E-state index in [-0.39, 0.29) is 22.5 Å². The van der Waals surface area contributed by atoms with Gasteiger partial charge in [-0.15, -0.1) is 0 Å². The number of hydrogen-bond acceptors (Lipinski definition) is 2. The van der Waals surface area contributed by atoms with Crippen LogP contribution >= 0.6 is 11.6 Å². The molecule has 2 unspecified atom stereocenters. The number of nitrogens with two attached hydrogens (primary N) is 1. The molecule has 2 aliphatic rings. The highest BCUT2D eigenvalue weighted by molar-refractivity contribution is 6.30. The zero-order valence-corrected chi connectivity index (χ0v) is 12.3. The van der Waals surface area contributed by atoms with Crippen LogP contribution in [0, 0.1) is 11.7 Å². The van der Waals surface area contributed by atoms with Crippen LogP contribution in [-0.2, 0) is 11.2 Å². The van der Waals surface area contributed by atoms with Crippen LogP contribution in [0.4, 0.5) is 4.39 Å². The topological polar surface area (TPSA) is 35.2 Å². The molecule has 2 nitrogen and oxygen atoms in total. The fourth-order valence-corrected chi connectivity index (χ4v) is 3.67. The molecule has 3 rings (SSSR count). The summed E-state index contributed by atoms with van der Waals surface area (Å²) in [4.78, 5) is 0. The molecule has 20 heavy (non-hydrogen) atoms. The Labute approximate surface area is 124 Å². The van der Waals surface area contributed by atoms with Crippen molar-refractivity contribution >= 4 is 11.6 Å². The molecule has 1 spiro atoms. The lowest BCUT2D eigenvalue weighted by Crippen LogP contribution is -2.49. The highest BCUT2D eigenvalue weighted by Gasteiger charge is 2.43. The van der Waals surface area contributed by atoms with E-state index in [1.54, 1.807) is 18.2 Å². The Kier molecular flexibility index (Phi) is 4.02. The lowest BCUT2D eigenvalue weighted by molar-refractivity contribution is -0.145. The number of rotatable bonds is 3. The quantitative estimate of drug-likeness (QED) is 0.923. The molecule has 1 saturated carbocycles. The van der Waals surface area contributed by atoms with E-state index >= 15 is 0 Å². The molecule has 0 amide bonds. The minimum atomic E-state index is -0.324. The molecule has 2 atom stereocenters. The third kappa shape index (κ3) is 2.72. The largest absolute Gasteiger partial charge is 0.375 e. The molecule has 1 aromatic carbocycles. The fraction of sp³-hybridized carbons (Fsp3) is 0.625. The maximum atomic E-state index is 13.9. The first-order valence-electron chi connectivity index (χ1n) is 7.42. The fourth-order valence-electron chi connectivity index (χ4n) is 3.48. The Morgan fingerprint density at radius 3 is 2.95 bits per heavy atom. The second-order valence-electron chi connectivity index (χ2n) is 6.22. The zero-order chi connectivity index (χ0) is 14.2. The standard InChI is InChI=1S/C16H21ClFNO/c17-13-4-1-3-11(15(13)18)9-14(19)12-5-8-20-16(10-12)6-2-7-16/h1,3-4,12,14H,2,5-10,19H2. The van der Waals surface area contributed by atoms with Crippen LogP contribution in [0.1, 0.15) is 37.7 Å². The van der Waals surface area contributed by atoms with Gasteiger partial charge in [0, 0.05) is 12.6 Å². The minimum Gasteiger partial charge on any atom is -0.375 e. The molecular weight excluding hydrogens is 277 g/mol. The van der Waals surface area contributed by atoms with E-state index in [0.717, 1.165) is 32.3 Å². The molecule has 4 heteroatoms. The smallest absolute Gasteiger partial charge is 0.145 e. The summed E-state index contributed by atoms with van der Waals surface area (Å²) < 4.78 is 19.9. The number of halogens is 2. The predicted octanol–water partition coefficient (Wildman–Crippen LogP) is 3.70. The van der Waals surface area contributed by atoms with Gasteiger partial charge in [0.15, 0.2) is 0 Å². The predicted molar refractivity (Wildman–Crippen MR) is 78.3 cm³/mol. The lowest BCUT2D eigenvalue weighted by atomic mass is 9.70. The summed E-state index contributed by atoms with van der Waals surface area (Å²) in [6.45, 7) is 0.788. The molecule has 2 fully saturated rings. The molecule has 1 heterocycles. The Morgan fingerprint density at radius 2 is 2.25 bits per heavy atom. The second-order valence-corrected chi connectivity index (χ2v) is 6.63. The highest BCUT2D eigenvalue weighted by atomic mass is 35.5. The molecule has 1 saturated heterocycles. The van der Waals surface area contributed by atoms with E-state index in [4.69, 9.17) is 22.1 Å². The van der Waals surface area contributed by atoms with Crippen molar-refractivity contribution < 1.29 is 9.13 Å². The molecule has 1 aliphatic heterocycles. The molecule has 110 valence electrons. The molecular formula is C16H21ClFNO. The van der Waals surface area contributed by atoms with Crippen molar-refractivity contribution in [2.24, 2.45) is 11.7 Å². The van der Waals surface area contributed by atoms with Gasteiger partial charge in [-0.05, 0) is 56.1 Å². The SMILES string of the molecule is NC(Cc1cccc(Cl)c1F)C1CCOC2(CCC2)C1. The van der Waals surface area contributed by atoms with E-state index in [9.17, 15) is 4.39 Å². The van der Waals surface area contributed by atoms with E-state index < -0.39 is 0 Å². The van der Waals surface area contributed by atoms with Crippen LogP contribution in [-0.4, -0.2) is 18.2 Å². The van der Waals surface area contributed by atoms with E-state index in [0.29, 0.717) is 17.9 Å². The minimum absolute atomic E-state index is 0.0238. The van der Waals surface area contributed by atoms with E-state index in [1.165, 1.54) is 6.42 Å². The van der Waals surface area contributed by atoms with Crippen LogP contribution in [0.2, 0.25) is 5.02 Å². The first kappa shape index (κ1) is 14.3. The van der Waals surface area contributed by atoms with E-state index in [1.807, 2.05) is 0 Å². The van der Waals surface area contributed by atoms with Crippen molar-refractivity contribution in [1.82, 2.24) is 0 Å². The van der Waals surface area contributed by atoms with Crippen LogP contribution in [0.25, 0.3) is 0 Å². The van der Waals surface area contributed by atoms with Gasteiger partial charge in [-0.3, -0.25) is 0 Å². The van der Waals surface area contributed by atoms with Gasteiger partial charge in [-0.25, -0.2) is 4.39 Å². The summed E-state index contributed by atoms with van der Waals surface area (Å²) in [7, 11) is 0. The first-order valence-corrected chi connectivity index (χ1v) is 7.80. The highest BCUT2D eigenvalue weighted by Crippen LogP contribution is 2.45. The summed E-state index contributed by atoms with van der Waals surface area (Å²) in [6.07, 6.45) is 6.11.